The monoisotopic (exact) mass is 190 g/mol. The minimum absolute atomic E-state index is 0.137. The van der Waals surface area contributed by atoms with Crippen LogP contribution in [0.2, 0.25) is 0 Å². The average molecular weight is 190 g/mol. The molecule has 1 aromatic rings. The molecule has 0 saturated heterocycles. The highest BCUT2D eigenvalue weighted by molar-refractivity contribution is 5.06. The fraction of sp³-hybridized carbons (Fsp3) is 0.429. The van der Waals surface area contributed by atoms with Crippen LogP contribution < -0.4 is 4.74 Å². The molecule has 0 radical (unpaired) electrons. The molecule has 0 unspecified atom stereocenters. The van der Waals surface area contributed by atoms with E-state index in [2.05, 4.69) is 14.7 Å². The van der Waals surface area contributed by atoms with E-state index >= 15 is 0 Å². The van der Waals surface area contributed by atoms with Gasteiger partial charge in [0.1, 0.15) is 6.61 Å². The van der Waals surface area contributed by atoms with Gasteiger partial charge in [0, 0.05) is 7.11 Å². The van der Waals surface area contributed by atoms with E-state index in [0.717, 1.165) is 6.07 Å². The largest absolute Gasteiger partial charge is 0.475 e. The van der Waals surface area contributed by atoms with Gasteiger partial charge in [-0.15, -0.1) is 0 Å². The van der Waals surface area contributed by atoms with Crippen molar-refractivity contribution in [2.75, 3.05) is 20.3 Å². The Balaban J connectivity index is 2.56. The third kappa shape index (κ3) is 3.29. The minimum atomic E-state index is -1.15. The molecule has 1 heterocycles. The van der Waals surface area contributed by atoms with Gasteiger partial charge in [0.05, 0.1) is 12.7 Å². The van der Waals surface area contributed by atoms with Gasteiger partial charge in [0.25, 0.3) is 0 Å². The van der Waals surface area contributed by atoms with Gasteiger partial charge in [-0.3, -0.25) is 0 Å². The Morgan fingerprint density at radius 2 is 2.08 bits per heavy atom. The summed E-state index contributed by atoms with van der Waals surface area (Å²) < 4.78 is 34.3. The number of halogens is 2. The molecule has 13 heavy (non-hydrogen) atoms. The molecule has 0 N–H and O–H groups in total. The zero-order valence-corrected chi connectivity index (χ0v) is 6.96. The first-order chi connectivity index (χ1) is 6.22. The first kappa shape index (κ1) is 9.79. The van der Waals surface area contributed by atoms with E-state index in [9.17, 15) is 8.78 Å². The predicted molar refractivity (Wildman–Crippen MR) is 39.3 cm³/mol. The van der Waals surface area contributed by atoms with Crippen molar-refractivity contribution in [1.82, 2.24) is 9.97 Å². The molecule has 0 amide bonds. The van der Waals surface area contributed by atoms with Crippen molar-refractivity contribution >= 4 is 0 Å². The third-order valence-electron chi connectivity index (χ3n) is 1.18. The van der Waals surface area contributed by atoms with Crippen LogP contribution in [0.25, 0.3) is 0 Å². The van der Waals surface area contributed by atoms with E-state index in [4.69, 9.17) is 4.74 Å². The maximum Gasteiger partial charge on any atom is 0.314 e. The fourth-order valence-corrected chi connectivity index (χ4v) is 0.674. The van der Waals surface area contributed by atoms with Crippen molar-refractivity contribution < 1.29 is 18.3 Å². The number of methoxy groups -OCH3 is 1. The Kier molecular flexibility index (Phi) is 3.51. The summed E-state index contributed by atoms with van der Waals surface area (Å²) in [6, 6.07) is 0.902. The van der Waals surface area contributed by atoms with Crippen LogP contribution in [0, 0.1) is 12.0 Å². The van der Waals surface area contributed by atoms with Gasteiger partial charge in [0.15, 0.2) is 0 Å². The van der Waals surface area contributed by atoms with E-state index in [1.807, 2.05) is 0 Å². The predicted octanol–water partition coefficient (Wildman–Crippen LogP) is 0.780. The minimum Gasteiger partial charge on any atom is -0.475 e. The molecule has 0 spiro atoms. The number of nitrogens with zero attached hydrogens (tertiary/aromatic N) is 2. The zero-order chi connectivity index (χ0) is 9.68. The molecule has 1 aromatic heterocycles. The van der Waals surface area contributed by atoms with Crippen LogP contribution in [-0.4, -0.2) is 30.3 Å². The van der Waals surface area contributed by atoms with Crippen molar-refractivity contribution in [1.29, 1.82) is 0 Å². The highest BCUT2D eigenvalue weighted by Crippen LogP contribution is 2.07. The number of aromatic nitrogens is 2. The Bertz CT molecular complexity index is 263. The fourth-order valence-electron chi connectivity index (χ4n) is 0.674. The van der Waals surface area contributed by atoms with Crippen LogP contribution in [0.4, 0.5) is 8.78 Å². The normalized spacial score (nSPS) is 10.1. The van der Waals surface area contributed by atoms with Crippen LogP contribution in [0.3, 0.4) is 0 Å². The van der Waals surface area contributed by atoms with Crippen molar-refractivity contribution in [2.45, 2.75) is 0 Å². The van der Waals surface area contributed by atoms with E-state index < -0.39 is 12.0 Å². The van der Waals surface area contributed by atoms with Crippen molar-refractivity contribution in [2.24, 2.45) is 0 Å². The summed E-state index contributed by atoms with van der Waals surface area (Å²) in [6.45, 7) is 0.514. The Labute approximate surface area is 73.5 Å². The molecular formula is C7H8F2N2O2. The van der Waals surface area contributed by atoms with E-state index in [1.165, 1.54) is 7.11 Å². The van der Waals surface area contributed by atoms with Gasteiger partial charge >= 0.3 is 6.08 Å². The lowest BCUT2D eigenvalue weighted by Crippen LogP contribution is -2.07. The van der Waals surface area contributed by atoms with Crippen LogP contribution in [0.5, 0.6) is 5.88 Å². The number of hydrogen-bond acceptors (Lipinski definition) is 4. The van der Waals surface area contributed by atoms with Crippen LogP contribution in [0.1, 0.15) is 0 Å². The quantitative estimate of drug-likeness (QED) is 0.400. The summed E-state index contributed by atoms with van der Waals surface area (Å²) in [5.74, 6) is -1.10. The second-order valence-electron chi connectivity index (χ2n) is 2.14. The van der Waals surface area contributed by atoms with Crippen molar-refractivity contribution in [3.63, 3.8) is 0 Å². The second-order valence-corrected chi connectivity index (χ2v) is 2.14. The average Bonchev–Trinajstić information content (AvgIpc) is 2.03. The number of ether oxygens (including phenoxy) is 2. The Morgan fingerprint density at radius 1 is 1.31 bits per heavy atom. The SMILES string of the molecule is COCCOc1cc(F)nc(F)n1. The highest BCUT2D eigenvalue weighted by Gasteiger charge is 2.03. The standard InChI is InChI=1S/C7H8F2N2O2/c1-12-2-3-13-6-4-5(8)10-7(9)11-6/h4H,2-3H2,1H3. The van der Waals surface area contributed by atoms with E-state index in [-0.39, 0.29) is 12.5 Å². The molecule has 0 aliphatic heterocycles. The van der Waals surface area contributed by atoms with Crippen molar-refractivity contribution in [3.05, 3.63) is 18.1 Å². The third-order valence-corrected chi connectivity index (χ3v) is 1.18. The summed E-state index contributed by atoms with van der Waals surface area (Å²) in [5, 5.41) is 0. The van der Waals surface area contributed by atoms with E-state index in [1.54, 1.807) is 0 Å². The number of rotatable bonds is 4. The molecule has 4 nitrogen and oxygen atoms in total. The number of hydrogen-bond donors (Lipinski definition) is 0. The van der Waals surface area contributed by atoms with E-state index in [0.29, 0.717) is 6.61 Å². The molecule has 0 atom stereocenters. The highest BCUT2D eigenvalue weighted by atomic mass is 19.1. The van der Waals surface area contributed by atoms with Gasteiger partial charge in [0.2, 0.25) is 11.8 Å². The molecular weight excluding hydrogens is 182 g/mol. The smallest absolute Gasteiger partial charge is 0.314 e. The first-order valence-corrected chi connectivity index (χ1v) is 3.54. The lowest BCUT2D eigenvalue weighted by molar-refractivity contribution is 0.142. The summed E-state index contributed by atoms with van der Waals surface area (Å²) in [6.07, 6.45) is -1.15. The molecule has 0 bridgehead atoms. The molecule has 0 aliphatic rings. The molecule has 0 fully saturated rings. The van der Waals surface area contributed by atoms with Crippen LogP contribution in [0.15, 0.2) is 6.07 Å². The topological polar surface area (TPSA) is 44.2 Å². The Morgan fingerprint density at radius 3 is 2.69 bits per heavy atom. The van der Waals surface area contributed by atoms with Gasteiger partial charge in [-0.1, -0.05) is 0 Å². The molecule has 0 aromatic carbocycles. The molecule has 6 heteroatoms. The molecule has 72 valence electrons. The van der Waals surface area contributed by atoms with Gasteiger partial charge < -0.3 is 9.47 Å². The summed E-state index contributed by atoms with van der Waals surface area (Å²) in [7, 11) is 1.49. The summed E-state index contributed by atoms with van der Waals surface area (Å²) in [5.41, 5.74) is 0. The van der Waals surface area contributed by atoms with Gasteiger partial charge in [-0.25, -0.2) is 0 Å². The van der Waals surface area contributed by atoms with Gasteiger partial charge in [-0.2, -0.15) is 18.7 Å². The second kappa shape index (κ2) is 4.66. The Hall–Kier alpha value is -1.30. The van der Waals surface area contributed by atoms with Gasteiger partial charge in [-0.05, 0) is 0 Å². The maximum atomic E-state index is 12.4. The van der Waals surface area contributed by atoms with Crippen LogP contribution >= 0.6 is 0 Å². The lowest BCUT2D eigenvalue weighted by Gasteiger charge is -2.03. The summed E-state index contributed by atoms with van der Waals surface area (Å²) in [4.78, 5) is 6.02. The first-order valence-electron chi connectivity index (χ1n) is 3.54. The summed E-state index contributed by atoms with van der Waals surface area (Å²) >= 11 is 0. The lowest BCUT2D eigenvalue weighted by atomic mass is 10.6. The molecule has 0 aliphatic carbocycles. The maximum absolute atomic E-state index is 12.4. The van der Waals surface area contributed by atoms with Crippen molar-refractivity contribution in [3.8, 4) is 5.88 Å². The zero-order valence-electron chi connectivity index (χ0n) is 6.96. The molecule has 0 saturated carbocycles. The molecule has 1 rings (SSSR count). The van der Waals surface area contributed by atoms with Crippen LogP contribution in [-0.2, 0) is 4.74 Å².